The minimum atomic E-state index is -0.548. The van der Waals surface area contributed by atoms with Gasteiger partial charge in [-0.1, -0.05) is 66.7 Å². The highest BCUT2D eigenvalue weighted by atomic mass is 16.5. The fourth-order valence-electron chi connectivity index (χ4n) is 4.27. The van der Waals surface area contributed by atoms with Crippen molar-refractivity contribution in [3.63, 3.8) is 0 Å². The van der Waals surface area contributed by atoms with Crippen molar-refractivity contribution in [2.75, 3.05) is 13.7 Å². The van der Waals surface area contributed by atoms with Crippen molar-refractivity contribution in [1.82, 2.24) is 10.7 Å². The third-order valence-electron chi connectivity index (χ3n) is 6.29. The molecule has 8 nitrogen and oxygen atoms in total. The van der Waals surface area contributed by atoms with Crippen molar-refractivity contribution >= 4 is 45.5 Å². The van der Waals surface area contributed by atoms with Gasteiger partial charge in [0.2, 0.25) is 0 Å². The van der Waals surface area contributed by atoms with Gasteiger partial charge in [0.1, 0.15) is 11.5 Å². The largest absolute Gasteiger partial charge is 0.497 e. The molecular weight excluding hydrogens is 506 g/mol. The first-order valence-electron chi connectivity index (χ1n) is 12.5. The minimum Gasteiger partial charge on any atom is -0.497 e. The lowest BCUT2D eigenvalue weighted by molar-refractivity contribution is -0.120. The number of carbonyl (C=O) groups excluding carboxylic acids is 3. The number of carbonyl (C=O) groups is 3. The van der Waals surface area contributed by atoms with E-state index >= 15 is 0 Å². The quantitative estimate of drug-likeness (QED) is 0.125. The second kappa shape index (κ2) is 11.9. The summed E-state index contributed by atoms with van der Waals surface area (Å²) in [6, 6.07) is 30.6. The van der Waals surface area contributed by atoms with Gasteiger partial charge >= 0.3 is 5.97 Å². The molecule has 0 radical (unpaired) electrons. The molecule has 0 aliphatic heterocycles. The average Bonchev–Trinajstić information content (AvgIpc) is 3.00. The second-order valence-corrected chi connectivity index (χ2v) is 8.82. The number of benzene rings is 5. The van der Waals surface area contributed by atoms with Crippen LogP contribution < -0.4 is 20.2 Å². The van der Waals surface area contributed by atoms with Gasteiger partial charge in [-0.25, -0.2) is 10.2 Å². The van der Waals surface area contributed by atoms with Crippen LogP contribution in [0.2, 0.25) is 0 Å². The lowest BCUT2D eigenvalue weighted by Gasteiger charge is -2.11. The molecule has 0 saturated heterocycles. The van der Waals surface area contributed by atoms with Crippen LogP contribution in [0.15, 0.2) is 108 Å². The van der Waals surface area contributed by atoms with Crippen LogP contribution in [0.1, 0.15) is 26.3 Å². The highest BCUT2D eigenvalue weighted by molar-refractivity contribution is 6.08. The summed E-state index contributed by atoms with van der Waals surface area (Å²) < 4.78 is 10.8. The Morgan fingerprint density at radius 1 is 0.775 bits per heavy atom. The van der Waals surface area contributed by atoms with Crippen LogP contribution in [0, 0.1) is 0 Å². The van der Waals surface area contributed by atoms with E-state index in [2.05, 4.69) is 15.8 Å². The van der Waals surface area contributed by atoms with Crippen molar-refractivity contribution in [1.29, 1.82) is 0 Å². The standard InChI is InChI=1S/C32H25N3O5/c1-39-24-16-13-23(14-17-24)32(38)40-29-18-15-22-8-3-5-11-26(22)28(29)19-34-35-30(36)20-33-31(37)27-12-6-9-21-7-2-4-10-25(21)27/h2-19H,20H2,1H3,(H,33,37)(H,35,36). The predicted octanol–water partition coefficient (Wildman–Crippen LogP) is 5.10. The summed E-state index contributed by atoms with van der Waals surface area (Å²) in [5, 5.41) is 10.1. The molecule has 8 heteroatoms. The van der Waals surface area contributed by atoms with Crippen LogP contribution in [0.3, 0.4) is 0 Å². The second-order valence-electron chi connectivity index (χ2n) is 8.82. The molecule has 0 atom stereocenters. The molecule has 0 bridgehead atoms. The van der Waals surface area contributed by atoms with E-state index in [-0.39, 0.29) is 18.2 Å². The molecular formula is C32H25N3O5. The molecule has 5 rings (SSSR count). The summed E-state index contributed by atoms with van der Waals surface area (Å²) in [4.78, 5) is 38.0. The molecule has 0 aromatic heterocycles. The van der Waals surface area contributed by atoms with Gasteiger partial charge in [0.05, 0.1) is 25.4 Å². The monoisotopic (exact) mass is 531 g/mol. The molecule has 2 amide bonds. The number of methoxy groups -OCH3 is 1. The maximum Gasteiger partial charge on any atom is 0.343 e. The van der Waals surface area contributed by atoms with Gasteiger partial charge in [-0.05, 0) is 57.9 Å². The van der Waals surface area contributed by atoms with Gasteiger partial charge < -0.3 is 14.8 Å². The van der Waals surface area contributed by atoms with Crippen molar-refractivity contribution < 1.29 is 23.9 Å². The third kappa shape index (κ3) is 5.81. The van der Waals surface area contributed by atoms with Crippen molar-refractivity contribution in [2.24, 2.45) is 5.10 Å². The highest BCUT2D eigenvalue weighted by Crippen LogP contribution is 2.27. The summed E-state index contributed by atoms with van der Waals surface area (Å²) in [5.41, 5.74) is 3.77. The summed E-state index contributed by atoms with van der Waals surface area (Å²) in [7, 11) is 1.55. The maximum atomic E-state index is 12.8. The number of esters is 1. The molecule has 40 heavy (non-hydrogen) atoms. The zero-order valence-corrected chi connectivity index (χ0v) is 21.6. The Morgan fingerprint density at radius 2 is 1.45 bits per heavy atom. The van der Waals surface area contributed by atoms with E-state index < -0.39 is 11.9 Å². The summed E-state index contributed by atoms with van der Waals surface area (Å²) in [6.45, 7) is -0.270. The summed E-state index contributed by atoms with van der Waals surface area (Å²) in [5.74, 6) is -0.520. The average molecular weight is 532 g/mol. The van der Waals surface area contributed by atoms with Gasteiger partial charge in [-0.3, -0.25) is 9.59 Å². The van der Waals surface area contributed by atoms with E-state index in [1.807, 2.05) is 60.7 Å². The smallest absolute Gasteiger partial charge is 0.343 e. The van der Waals surface area contributed by atoms with Crippen LogP contribution in [0.5, 0.6) is 11.5 Å². The molecule has 0 unspecified atom stereocenters. The Morgan fingerprint density at radius 3 is 2.20 bits per heavy atom. The number of ether oxygens (including phenoxy) is 2. The SMILES string of the molecule is COc1ccc(C(=O)Oc2ccc3ccccc3c2C=NNC(=O)CNC(=O)c2cccc3ccccc23)cc1. The fourth-order valence-corrected chi connectivity index (χ4v) is 4.27. The van der Waals surface area contributed by atoms with Crippen molar-refractivity contribution in [2.45, 2.75) is 0 Å². The Balaban J connectivity index is 1.28. The van der Waals surface area contributed by atoms with Crippen molar-refractivity contribution in [3.05, 3.63) is 120 Å². The van der Waals surface area contributed by atoms with Gasteiger partial charge in [0, 0.05) is 11.1 Å². The van der Waals surface area contributed by atoms with Crippen LogP contribution in [0.25, 0.3) is 21.5 Å². The highest BCUT2D eigenvalue weighted by Gasteiger charge is 2.14. The van der Waals surface area contributed by atoms with E-state index in [0.717, 1.165) is 21.5 Å². The number of hydrazone groups is 1. The zero-order chi connectivity index (χ0) is 27.9. The van der Waals surface area contributed by atoms with E-state index in [4.69, 9.17) is 9.47 Å². The van der Waals surface area contributed by atoms with Gasteiger partial charge in [0.15, 0.2) is 0 Å². The number of hydrogen-bond acceptors (Lipinski definition) is 6. The summed E-state index contributed by atoms with van der Waals surface area (Å²) >= 11 is 0. The minimum absolute atomic E-state index is 0.270. The Kier molecular flexibility index (Phi) is 7.78. The first-order valence-corrected chi connectivity index (χ1v) is 12.5. The molecule has 2 N–H and O–H groups in total. The maximum absolute atomic E-state index is 12.8. The predicted molar refractivity (Wildman–Crippen MR) is 154 cm³/mol. The van der Waals surface area contributed by atoms with Gasteiger partial charge in [0.25, 0.3) is 11.8 Å². The molecule has 0 aliphatic carbocycles. The number of nitrogens with one attached hydrogen (secondary N) is 2. The van der Waals surface area contributed by atoms with Crippen LogP contribution >= 0.6 is 0 Å². The Labute approximate surface area is 230 Å². The molecule has 0 aliphatic rings. The molecule has 5 aromatic carbocycles. The van der Waals surface area contributed by atoms with E-state index in [9.17, 15) is 14.4 Å². The molecule has 0 saturated carbocycles. The molecule has 0 spiro atoms. The summed E-state index contributed by atoms with van der Waals surface area (Å²) in [6.07, 6.45) is 1.42. The van der Waals surface area contributed by atoms with Crippen LogP contribution in [0.4, 0.5) is 0 Å². The number of rotatable bonds is 8. The number of nitrogens with zero attached hydrogens (tertiary/aromatic N) is 1. The number of hydrogen-bond donors (Lipinski definition) is 2. The molecule has 0 fully saturated rings. The van der Waals surface area contributed by atoms with Gasteiger partial charge in [-0.15, -0.1) is 0 Å². The van der Waals surface area contributed by atoms with Crippen LogP contribution in [-0.4, -0.2) is 37.7 Å². The van der Waals surface area contributed by atoms with Crippen molar-refractivity contribution in [3.8, 4) is 11.5 Å². The van der Waals surface area contributed by atoms with Gasteiger partial charge in [-0.2, -0.15) is 5.10 Å². The Hall–Kier alpha value is -5.50. The number of fused-ring (bicyclic) bond motifs is 2. The lowest BCUT2D eigenvalue weighted by atomic mass is 10.0. The zero-order valence-electron chi connectivity index (χ0n) is 21.6. The lowest BCUT2D eigenvalue weighted by Crippen LogP contribution is -2.35. The molecule has 5 aromatic rings. The van der Waals surface area contributed by atoms with E-state index in [1.165, 1.54) is 6.21 Å². The fraction of sp³-hybridized carbons (Fsp3) is 0.0625. The topological polar surface area (TPSA) is 106 Å². The normalized spacial score (nSPS) is 10.9. The molecule has 198 valence electrons. The first kappa shape index (κ1) is 26.1. The third-order valence-corrected chi connectivity index (χ3v) is 6.29. The van der Waals surface area contributed by atoms with E-state index in [0.29, 0.717) is 22.4 Å². The Bertz CT molecular complexity index is 1740. The first-order chi connectivity index (χ1) is 19.5. The number of amides is 2. The van der Waals surface area contributed by atoms with Crippen LogP contribution in [-0.2, 0) is 4.79 Å². The molecule has 0 heterocycles. The van der Waals surface area contributed by atoms with E-state index in [1.54, 1.807) is 49.6 Å².